The van der Waals surface area contributed by atoms with Crippen LogP contribution in [0.4, 0.5) is 0 Å². The molecule has 1 aromatic rings. The SMILES string of the molecule is CCNCCCCCOCc1ccc(OC)cc1. The molecule has 18 heavy (non-hydrogen) atoms. The average Bonchev–Trinajstić information content (AvgIpc) is 2.42. The molecule has 0 aromatic heterocycles. The van der Waals surface area contributed by atoms with E-state index in [9.17, 15) is 0 Å². The third kappa shape index (κ3) is 6.62. The van der Waals surface area contributed by atoms with Crippen molar-refractivity contribution in [1.29, 1.82) is 0 Å². The van der Waals surface area contributed by atoms with Crippen molar-refractivity contribution in [1.82, 2.24) is 5.32 Å². The maximum atomic E-state index is 5.64. The van der Waals surface area contributed by atoms with Gasteiger partial charge in [-0.15, -0.1) is 0 Å². The summed E-state index contributed by atoms with van der Waals surface area (Å²) >= 11 is 0. The molecule has 0 spiro atoms. The molecule has 0 aliphatic rings. The van der Waals surface area contributed by atoms with Crippen molar-refractivity contribution in [2.75, 3.05) is 26.8 Å². The van der Waals surface area contributed by atoms with Crippen LogP contribution in [0.15, 0.2) is 24.3 Å². The van der Waals surface area contributed by atoms with Crippen LogP contribution in [0.2, 0.25) is 0 Å². The van der Waals surface area contributed by atoms with Crippen molar-refractivity contribution in [3.63, 3.8) is 0 Å². The molecule has 0 saturated carbocycles. The smallest absolute Gasteiger partial charge is 0.118 e. The van der Waals surface area contributed by atoms with Gasteiger partial charge < -0.3 is 14.8 Å². The molecule has 0 aliphatic carbocycles. The number of hydrogen-bond acceptors (Lipinski definition) is 3. The fourth-order valence-electron chi connectivity index (χ4n) is 1.72. The minimum absolute atomic E-state index is 0.692. The number of rotatable bonds is 10. The van der Waals surface area contributed by atoms with Gasteiger partial charge in [-0.05, 0) is 50.0 Å². The molecule has 0 fully saturated rings. The van der Waals surface area contributed by atoms with Crippen LogP contribution in [0.1, 0.15) is 31.7 Å². The van der Waals surface area contributed by atoms with E-state index in [0.29, 0.717) is 6.61 Å². The summed E-state index contributed by atoms with van der Waals surface area (Å²) in [5.74, 6) is 0.891. The van der Waals surface area contributed by atoms with E-state index in [2.05, 4.69) is 12.2 Å². The number of nitrogens with one attached hydrogen (secondary N) is 1. The minimum Gasteiger partial charge on any atom is -0.497 e. The predicted molar refractivity (Wildman–Crippen MR) is 75.0 cm³/mol. The Balaban J connectivity index is 2.00. The first kappa shape index (κ1) is 15.0. The summed E-state index contributed by atoms with van der Waals surface area (Å²) < 4.78 is 10.8. The monoisotopic (exact) mass is 251 g/mol. The lowest BCUT2D eigenvalue weighted by Crippen LogP contribution is -2.13. The highest BCUT2D eigenvalue weighted by atomic mass is 16.5. The van der Waals surface area contributed by atoms with Crippen LogP contribution in [0.5, 0.6) is 5.75 Å². The molecule has 1 rings (SSSR count). The summed E-state index contributed by atoms with van der Waals surface area (Å²) in [6.45, 7) is 5.86. The van der Waals surface area contributed by atoms with Gasteiger partial charge in [-0.1, -0.05) is 19.1 Å². The van der Waals surface area contributed by atoms with Crippen molar-refractivity contribution in [2.24, 2.45) is 0 Å². The average molecular weight is 251 g/mol. The van der Waals surface area contributed by atoms with Crippen LogP contribution in [-0.2, 0) is 11.3 Å². The summed E-state index contributed by atoms with van der Waals surface area (Å²) in [4.78, 5) is 0. The molecular weight excluding hydrogens is 226 g/mol. The van der Waals surface area contributed by atoms with Crippen molar-refractivity contribution in [3.8, 4) is 5.75 Å². The second kappa shape index (κ2) is 9.92. The summed E-state index contributed by atoms with van der Waals surface area (Å²) in [6, 6.07) is 8.03. The highest BCUT2D eigenvalue weighted by Gasteiger charge is 1.95. The quantitative estimate of drug-likeness (QED) is 0.648. The van der Waals surface area contributed by atoms with Crippen LogP contribution in [-0.4, -0.2) is 26.8 Å². The maximum Gasteiger partial charge on any atom is 0.118 e. The Morgan fingerprint density at radius 1 is 1.06 bits per heavy atom. The van der Waals surface area contributed by atoms with Gasteiger partial charge in [0.25, 0.3) is 0 Å². The minimum atomic E-state index is 0.692. The van der Waals surface area contributed by atoms with Gasteiger partial charge in [0.1, 0.15) is 5.75 Å². The number of ether oxygens (including phenoxy) is 2. The van der Waals surface area contributed by atoms with Crippen molar-refractivity contribution in [2.45, 2.75) is 32.8 Å². The van der Waals surface area contributed by atoms with Gasteiger partial charge in [0.2, 0.25) is 0 Å². The number of benzene rings is 1. The summed E-state index contributed by atoms with van der Waals surface area (Å²) in [6.07, 6.45) is 3.61. The van der Waals surface area contributed by atoms with E-state index in [1.165, 1.54) is 18.4 Å². The zero-order valence-corrected chi connectivity index (χ0v) is 11.6. The van der Waals surface area contributed by atoms with Gasteiger partial charge in [0.05, 0.1) is 13.7 Å². The van der Waals surface area contributed by atoms with E-state index >= 15 is 0 Å². The standard InChI is InChI=1S/C15H25NO2/c1-3-16-11-5-4-6-12-18-13-14-7-9-15(17-2)10-8-14/h7-10,16H,3-6,11-13H2,1-2H3. The molecule has 3 nitrogen and oxygen atoms in total. The maximum absolute atomic E-state index is 5.64. The van der Waals surface area contributed by atoms with Gasteiger partial charge in [-0.3, -0.25) is 0 Å². The van der Waals surface area contributed by atoms with Crippen LogP contribution in [0, 0.1) is 0 Å². The van der Waals surface area contributed by atoms with Gasteiger partial charge in [0.15, 0.2) is 0 Å². The van der Waals surface area contributed by atoms with Crippen LogP contribution < -0.4 is 10.1 Å². The lowest BCUT2D eigenvalue weighted by Gasteiger charge is -2.06. The predicted octanol–water partition coefficient (Wildman–Crippen LogP) is 2.99. The number of hydrogen-bond donors (Lipinski definition) is 1. The molecule has 102 valence electrons. The second-order valence-electron chi connectivity index (χ2n) is 4.31. The molecule has 0 heterocycles. The highest BCUT2D eigenvalue weighted by molar-refractivity contribution is 5.26. The van der Waals surface area contributed by atoms with Gasteiger partial charge >= 0.3 is 0 Å². The Hall–Kier alpha value is -1.06. The Labute approximate surface area is 110 Å². The summed E-state index contributed by atoms with van der Waals surface area (Å²) in [5, 5.41) is 3.32. The number of methoxy groups -OCH3 is 1. The molecule has 0 aliphatic heterocycles. The van der Waals surface area contributed by atoms with E-state index in [1.54, 1.807) is 7.11 Å². The lowest BCUT2D eigenvalue weighted by atomic mass is 10.2. The molecule has 0 saturated heterocycles. The Morgan fingerprint density at radius 2 is 1.83 bits per heavy atom. The van der Waals surface area contributed by atoms with E-state index < -0.39 is 0 Å². The van der Waals surface area contributed by atoms with E-state index in [-0.39, 0.29) is 0 Å². The molecule has 0 radical (unpaired) electrons. The molecule has 0 bridgehead atoms. The molecule has 1 aromatic carbocycles. The summed E-state index contributed by atoms with van der Waals surface area (Å²) in [7, 11) is 1.68. The first-order valence-electron chi connectivity index (χ1n) is 6.78. The first-order valence-corrected chi connectivity index (χ1v) is 6.78. The van der Waals surface area contributed by atoms with Gasteiger partial charge in [0, 0.05) is 6.61 Å². The highest BCUT2D eigenvalue weighted by Crippen LogP contribution is 2.12. The third-order valence-corrected chi connectivity index (χ3v) is 2.82. The van der Waals surface area contributed by atoms with Crippen LogP contribution in [0.3, 0.4) is 0 Å². The normalized spacial score (nSPS) is 10.6. The Morgan fingerprint density at radius 3 is 2.50 bits per heavy atom. The lowest BCUT2D eigenvalue weighted by molar-refractivity contribution is 0.117. The zero-order chi connectivity index (χ0) is 13.1. The second-order valence-corrected chi connectivity index (χ2v) is 4.31. The largest absolute Gasteiger partial charge is 0.497 e. The molecular formula is C15H25NO2. The van der Waals surface area contributed by atoms with Gasteiger partial charge in [-0.25, -0.2) is 0 Å². The van der Waals surface area contributed by atoms with Crippen molar-refractivity contribution >= 4 is 0 Å². The van der Waals surface area contributed by atoms with E-state index in [4.69, 9.17) is 9.47 Å². The Kier molecular flexibility index (Phi) is 8.26. The summed E-state index contributed by atoms with van der Waals surface area (Å²) in [5.41, 5.74) is 1.20. The van der Waals surface area contributed by atoms with Crippen molar-refractivity contribution < 1.29 is 9.47 Å². The van der Waals surface area contributed by atoms with E-state index in [0.717, 1.165) is 31.9 Å². The van der Waals surface area contributed by atoms with Crippen LogP contribution in [0.25, 0.3) is 0 Å². The third-order valence-electron chi connectivity index (χ3n) is 2.82. The number of unbranched alkanes of at least 4 members (excludes halogenated alkanes) is 2. The molecule has 1 N–H and O–H groups in total. The fraction of sp³-hybridized carbons (Fsp3) is 0.600. The molecule has 0 atom stereocenters. The first-order chi connectivity index (χ1) is 8.86. The fourth-order valence-corrected chi connectivity index (χ4v) is 1.72. The molecule has 0 amide bonds. The zero-order valence-electron chi connectivity index (χ0n) is 11.6. The Bertz CT molecular complexity index is 298. The topological polar surface area (TPSA) is 30.5 Å². The molecule has 3 heteroatoms. The van der Waals surface area contributed by atoms with E-state index in [1.807, 2.05) is 24.3 Å². The van der Waals surface area contributed by atoms with Crippen molar-refractivity contribution in [3.05, 3.63) is 29.8 Å². The van der Waals surface area contributed by atoms with Crippen LogP contribution >= 0.6 is 0 Å². The molecule has 0 unspecified atom stereocenters. The van der Waals surface area contributed by atoms with Gasteiger partial charge in [-0.2, -0.15) is 0 Å².